The van der Waals surface area contributed by atoms with Gasteiger partial charge in [0.15, 0.2) is 5.11 Å². The van der Waals surface area contributed by atoms with Gasteiger partial charge in [0, 0.05) is 24.5 Å². The molecule has 0 radical (unpaired) electrons. The van der Waals surface area contributed by atoms with E-state index in [0.29, 0.717) is 12.5 Å². The van der Waals surface area contributed by atoms with Gasteiger partial charge in [-0.3, -0.25) is 4.79 Å². The van der Waals surface area contributed by atoms with Crippen LogP contribution in [0.5, 0.6) is 0 Å². The molecule has 1 fully saturated rings. The molecular weight excluding hydrogens is 224 g/mol. The lowest BCUT2D eigenvalue weighted by atomic mass is 9.93. The van der Waals surface area contributed by atoms with Crippen molar-refractivity contribution in [1.82, 2.24) is 10.2 Å². The van der Waals surface area contributed by atoms with Crippen molar-refractivity contribution in [2.75, 3.05) is 6.54 Å². The van der Waals surface area contributed by atoms with E-state index in [0.717, 1.165) is 18.1 Å². The summed E-state index contributed by atoms with van der Waals surface area (Å²) in [5, 5.41) is 12.6. The summed E-state index contributed by atoms with van der Waals surface area (Å²) in [5.74, 6) is -0.746. The van der Waals surface area contributed by atoms with Crippen molar-refractivity contribution in [3.8, 4) is 0 Å². The second-order valence-electron chi connectivity index (χ2n) is 5.06. The molecule has 1 rings (SSSR count). The number of carboxylic acids is 1. The first-order valence-electron chi connectivity index (χ1n) is 5.62. The molecular formula is C11H20N2O2S. The predicted octanol–water partition coefficient (Wildman–Crippen LogP) is 1.60. The Morgan fingerprint density at radius 2 is 2.31 bits per heavy atom. The molecule has 1 aliphatic heterocycles. The van der Waals surface area contributed by atoms with Crippen molar-refractivity contribution in [2.45, 2.75) is 51.6 Å². The van der Waals surface area contributed by atoms with Gasteiger partial charge in [-0.25, -0.2) is 0 Å². The minimum absolute atomic E-state index is 0.0415. The SMILES string of the molecule is C[C@@H]1CC(C)(C)NC(=S)N1CCCC(=O)O. The quantitative estimate of drug-likeness (QED) is 0.736. The van der Waals surface area contributed by atoms with Gasteiger partial charge in [0.05, 0.1) is 0 Å². The van der Waals surface area contributed by atoms with Crippen molar-refractivity contribution in [3.63, 3.8) is 0 Å². The third kappa shape index (κ3) is 3.63. The second kappa shape index (κ2) is 4.99. The van der Waals surface area contributed by atoms with E-state index in [1.54, 1.807) is 0 Å². The van der Waals surface area contributed by atoms with Crippen LogP contribution in [0.3, 0.4) is 0 Å². The number of carboxylic acid groups (broad SMARTS) is 1. The molecule has 4 nitrogen and oxygen atoms in total. The van der Waals surface area contributed by atoms with E-state index in [1.165, 1.54) is 0 Å². The zero-order chi connectivity index (χ0) is 12.3. The summed E-state index contributed by atoms with van der Waals surface area (Å²) in [6.45, 7) is 7.11. The molecule has 0 aromatic heterocycles. The topological polar surface area (TPSA) is 52.6 Å². The second-order valence-corrected chi connectivity index (χ2v) is 5.44. The van der Waals surface area contributed by atoms with Gasteiger partial charge in [-0.15, -0.1) is 0 Å². The van der Waals surface area contributed by atoms with Crippen LogP contribution in [0.1, 0.15) is 40.0 Å². The fourth-order valence-electron chi connectivity index (χ4n) is 2.18. The lowest BCUT2D eigenvalue weighted by Gasteiger charge is -2.44. The summed E-state index contributed by atoms with van der Waals surface area (Å²) in [6, 6.07) is 0.373. The van der Waals surface area contributed by atoms with Gasteiger partial charge in [0.25, 0.3) is 0 Å². The molecule has 0 bridgehead atoms. The van der Waals surface area contributed by atoms with Gasteiger partial charge in [-0.1, -0.05) is 0 Å². The summed E-state index contributed by atoms with van der Waals surface area (Å²) in [5.41, 5.74) is 0.0415. The highest BCUT2D eigenvalue weighted by Crippen LogP contribution is 2.22. The molecule has 1 heterocycles. The molecule has 2 N–H and O–H groups in total. The summed E-state index contributed by atoms with van der Waals surface area (Å²) >= 11 is 5.30. The minimum atomic E-state index is -0.746. The number of hydrogen-bond acceptors (Lipinski definition) is 2. The first kappa shape index (κ1) is 13.2. The largest absolute Gasteiger partial charge is 0.481 e. The molecule has 1 saturated heterocycles. The Morgan fingerprint density at radius 1 is 1.69 bits per heavy atom. The Morgan fingerprint density at radius 3 is 2.81 bits per heavy atom. The van der Waals surface area contributed by atoms with Crippen molar-refractivity contribution in [3.05, 3.63) is 0 Å². The number of nitrogens with zero attached hydrogens (tertiary/aromatic N) is 1. The number of hydrogen-bond donors (Lipinski definition) is 2. The van der Waals surface area contributed by atoms with E-state index < -0.39 is 5.97 Å². The third-order valence-corrected chi connectivity index (χ3v) is 3.17. The van der Waals surface area contributed by atoms with Crippen LogP contribution < -0.4 is 5.32 Å². The predicted molar refractivity (Wildman–Crippen MR) is 67.5 cm³/mol. The summed E-state index contributed by atoms with van der Waals surface area (Å²) in [6.07, 6.45) is 1.86. The van der Waals surface area contributed by atoms with Crippen LogP contribution in [0.2, 0.25) is 0 Å². The summed E-state index contributed by atoms with van der Waals surface area (Å²) < 4.78 is 0. The normalized spacial score (nSPS) is 24.1. The number of carbonyl (C=O) groups is 1. The van der Waals surface area contributed by atoms with Crippen LogP contribution in [0.25, 0.3) is 0 Å². The fraction of sp³-hybridized carbons (Fsp3) is 0.818. The first-order chi connectivity index (χ1) is 7.32. The van der Waals surface area contributed by atoms with Crippen molar-refractivity contribution in [2.24, 2.45) is 0 Å². The minimum Gasteiger partial charge on any atom is -0.481 e. The van der Waals surface area contributed by atoms with E-state index >= 15 is 0 Å². The fourth-order valence-corrected chi connectivity index (χ4v) is 2.73. The Bertz CT molecular complexity index is 292. The molecule has 0 aliphatic carbocycles. The number of aliphatic carboxylic acids is 1. The molecule has 16 heavy (non-hydrogen) atoms. The zero-order valence-corrected chi connectivity index (χ0v) is 10.9. The third-order valence-electron chi connectivity index (χ3n) is 2.83. The molecule has 1 aliphatic rings. The van der Waals surface area contributed by atoms with E-state index in [9.17, 15) is 4.79 Å². The highest BCUT2D eigenvalue weighted by atomic mass is 32.1. The van der Waals surface area contributed by atoms with E-state index in [4.69, 9.17) is 17.3 Å². The van der Waals surface area contributed by atoms with Crippen LogP contribution in [-0.4, -0.2) is 39.2 Å². The van der Waals surface area contributed by atoms with Crippen LogP contribution in [0.15, 0.2) is 0 Å². The standard InChI is InChI=1S/C11H20N2O2S/c1-8-7-11(2,3)12-10(16)13(8)6-4-5-9(14)15/h8H,4-7H2,1-3H3,(H,12,16)(H,14,15)/t8-/m1/s1. The Balaban J connectivity index is 2.48. The van der Waals surface area contributed by atoms with Crippen molar-refractivity contribution in [1.29, 1.82) is 0 Å². The average molecular weight is 244 g/mol. The monoisotopic (exact) mass is 244 g/mol. The molecule has 5 heteroatoms. The van der Waals surface area contributed by atoms with Crippen LogP contribution in [0.4, 0.5) is 0 Å². The maximum atomic E-state index is 10.4. The van der Waals surface area contributed by atoms with E-state index in [1.807, 2.05) is 0 Å². The van der Waals surface area contributed by atoms with Crippen LogP contribution in [-0.2, 0) is 4.79 Å². The smallest absolute Gasteiger partial charge is 0.303 e. The lowest BCUT2D eigenvalue weighted by Crippen LogP contribution is -2.60. The van der Waals surface area contributed by atoms with Gasteiger partial charge in [-0.05, 0) is 45.8 Å². The van der Waals surface area contributed by atoms with Gasteiger partial charge >= 0.3 is 5.97 Å². The molecule has 0 spiro atoms. The van der Waals surface area contributed by atoms with Crippen LogP contribution in [0, 0.1) is 0 Å². The first-order valence-corrected chi connectivity index (χ1v) is 6.03. The zero-order valence-electron chi connectivity index (χ0n) is 10.1. The maximum absolute atomic E-state index is 10.4. The van der Waals surface area contributed by atoms with Gasteiger partial charge in [-0.2, -0.15) is 0 Å². The summed E-state index contributed by atoms with van der Waals surface area (Å²) in [7, 11) is 0. The van der Waals surface area contributed by atoms with Gasteiger partial charge < -0.3 is 15.3 Å². The molecule has 0 aromatic rings. The number of rotatable bonds is 4. The molecule has 0 saturated carbocycles. The Labute approximate surface area is 102 Å². The highest BCUT2D eigenvalue weighted by Gasteiger charge is 2.32. The average Bonchev–Trinajstić information content (AvgIpc) is 2.07. The Hall–Kier alpha value is -0.840. The van der Waals surface area contributed by atoms with Crippen molar-refractivity contribution >= 4 is 23.3 Å². The van der Waals surface area contributed by atoms with Crippen molar-refractivity contribution < 1.29 is 9.90 Å². The molecule has 1 atom stereocenters. The molecule has 0 amide bonds. The maximum Gasteiger partial charge on any atom is 0.303 e. The lowest BCUT2D eigenvalue weighted by molar-refractivity contribution is -0.137. The summed E-state index contributed by atoms with van der Waals surface area (Å²) in [4.78, 5) is 12.5. The van der Waals surface area contributed by atoms with Crippen LogP contribution >= 0.6 is 12.2 Å². The molecule has 0 aromatic carbocycles. The number of thiocarbonyl (C=S) groups is 1. The van der Waals surface area contributed by atoms with Gasteiger partial charge in [0.2, 0.25) is 0 Å². The molecule has 92 valence electrons. The van der Waals surface area contributed by atoms with E-state index in [2.05, 4.69) is 31.0 Å². The highest BCUT2D eigenvalue weighted by molar-refractivity contribution is 7.80. The number of nitrogens with one attached hydrogen (secondary N) is 1. The van der Waals surface area contributed by atoms with E-state index in [-0.39, 0.29) is 12.0 Å². The van der Waals surface area contributed by atoms with Gasteiger partial charge in [0.1, 0.15) is 0 Å². The molecule has 0 unspecified atom stereocenters. The Kier molecular flexibility index (Phi) is 4.13.